The summed E-state index contributed by atoms with van der Waals surface area (Å²) >= 11 is 0. The van der Waals surface area contributed by atoms with Gasteiger partial charge in [0.2, 0.25) is 0 Å². The largest absolute Gasteiger partial charge is 0.381 e. The highest BCUT2D eigenvalue weighted by Gasteiger charge is 2.21. The summed E-state index contributed by atoms with van der Waals surface area (Å²) in [5, 5.41) is 7.00. The first-order valence-electron chi connectivity index (χ1n) is 9.44. The van der Waals surface area contributed by atoms with E-state index in [1.54, 1.807) is 0 Å². The fourth-order valence-corrected chi connectivity index (χ4v) is 3.53. The van der Waals surface area contributed by atoms with Gasteiger partial charge in [0, 0.05) is 38.8 Å². The van der Waals surface area contributed by atoms with E-state index in [9.17, 15) is 0 Å². The summed E-state index contributed by atoms with van der Waals surface area (Å²) in [5.41, 5.74) is 0. The first kappa shape index (κ1) is 22.0. The molecule has 2 fully saturated rings. The first-order valence-corrected chi connectivity index (χ1v) is 9.44. The van der Waals surface area contributed by atoms with Gasteiger partial charge in [-0.1, -0.05) is 26.2 Å². The molecule has 0 amide bonds. The van der Waals surface area contributed by atoms with Gasteiger partial charge in [-0.3, -0.25) is 4.99 Å². The van der Waals surface area contributed by atoms with Crippen LogP contribution in [-0.4, -0.2) is 52.0 Å². The van der Waals surface area contributed by atoms with Crippen LogP contribution in [0.15, 0.2) is 4.99 Å². The molecule has 1 heterocycles. The van der Waals surface area contributed by atoms with Crippen LogP contribution in [0.5, 0.6) is 0 Å². The molecule has 142 valence electrons. The minimum atomic E-state index is 0. The molecule has 0 spiro atoms. The predicted molar refractivity (Wildman–Crippen MR) is 110 cm³/mol. The average Bonchev–Trinajstić information content (AvgIpc) is 3.10. The maximum absolute atomic E-state index is 5.73. The topological polar surface area (TPSA) is 54.9 Å². The summed E-state index contributed by atoms with van der Waals surface area (Å²) in [5.74, 6) is 2.43. The van der Waals surface area contributed by atoms with E-state index in [0.29, 0.717) is 12.0 Å². The van der Waals surface area contributed by atoms with E-state index < -0.39 is 0 Å². The fraction of sp³-hybridized carbons (Fsp3) is 0.944. The van der Waals surface area contributed by atoms with Crippen LogP contribution >= 0.6 is 24.0 Å². The molecule has 0 aromatic carbocycles. The van der Waals surface area contributed by atoms with Gasteiger partial charge in [-0.05, 0) is 31.6 Å². The molecule has 24 heavy (non-hydrogen) atoms. The van der Waals surface area contributed by atoms with Gasteiger partial charge in [-0.25, -0.2) is 0 Å². The van der Waals surface area contributed by atoms with Crippen molar-refractivity contribution < 1.29 is 9.47 Å². The standard InChI is InChI=1S/C18H35N3O2.HI/c1-3-15-6-4-7-17(12-15)21-18(19-2)20-9-5-10-22-13-16-8-11-23-14-16;/h15-17H,3-14H2,1-2H3,(H2,19,20,21);1H. The second-order valence-corrected chi connectivity index (χ2v) is 6.94. The predicted octanol–water partition coefficient (Wildman–Crippen LogP) is 3.18. The normalized spacial score (nSPS) is 27.6. The lowest BCUT2D eigenvalue weighted by molar-refractivity contribution is 0.0888. The number of nitrogens with one attached hydrogen (secondary N) is 2. The summed E-state index contributed by atoms with van der Waals surface area (Å²) in [7, 11) is 1.85. The van der Waals surface area contributed by atoms with E-state index in [2.05, 4.69) is 22.5 Å². The third kappa shape index (κ3) is 8.34. The summed E-state index contributed by atoms with van der Waals surface area (Å²) < 4.78 is 11.1. The van der Waals surface area contributed by atoms with Crippen LogP contribution in [0, 0.1) is 11.8 Å². The number of nitrogens with zero attached hydrogens (tertiary/aromatic N) is 1. The molecule has 1 aliphatic heterocycles. The number of hydrogen-bond acceptors (Lipinski definition) is 3. The highest BCUT2D eigenvalue weighted by molar-refractivity contribution is 14.0. The number of ether oxygens (including phenoxy) is 2. The molecule has 1 saturated carbocycles. The number of aliphatic imine (C=N–C) groups is 1. The van der Waals surface area contributed by atoms with Gasteiger partial charge in [0.05, 0.1) is 13.2 Å². The van der Waals surface area contributed by atoms with Crippen LogP contribution in [0.1, 0.15) is 51.9 Å². The number of guanidine groups is 1. The Morgan fingerprint density at radius 3 is 2.83 bits per heavy atom. The van der Waals surface area contributed by atoms with Crippen molar-refractivity contribution in [3.8, 4) is 0 Å². The van der Waals surface area contributed by atoms with Crippen LogP contribution in [0.2, 0.25) is 0 Å². The molecule has 3 atom stereocenters. The van der Waals surface area contributed by atoms with Crippen molar-refractivity contribution in [1.82, 2.24) is 10.6 Å². The second kappa shape index (κ2) is 13.2. The minimum absolute atomic E-state index is 0. The van der Waals surface area contributed by atoms with E-state index in [4.69, 9.17) is 9.47 Å². The van der Waals surface area contributed by atoms with Crippen molar-refractivity contribution >= 4 is 29.9 Å². The van der Waals surface area contributed by atoms with E-state index in [-0.39, 0.29) is 24.0 Å². The van der Waals surface area contributed by atoms with Crippen LogP contribution in [-0.2, 0) is 9.47 Å². The van der Waals surface area contributed by atoms with Gasteiger partial charge in [0.15, 0.2) is 5.96 Å². The fourth-order valence-electron chi connectivity index (χ4n) is 3.53. The molecule has 0 aromatic rings. The number of halogens is 1. The Labute approximate surface area is 164 Å². The van der Waals surface area contributed by atoms with Gasteiger partial charge >= 0.3 is 0 Å². The van der Waals surface area contributed by atoms with Crippen LogP contribution in [0.4, 0.5) is 0 Å². The van der Waals surface area contributed by atoms with Gasteiger partial charge < -0.3 is 20.1 Å². The monoisotopic (exact) mass is 453 g/mol. The lowest BCUT2D eigenvalue weighted by Gasteiger charge is -2.30. The molecule has 2 rings (SSSR count). The molecule has 0 bridgehead atoms. The van der Waals surface area contributed by atoms with Gasteiger partial charge in [-0.15, -0.1) is 24.0 Å². The summed E-state index contributed by atoms with van der Waals surface area (Å²) in [6, 6.07) is 0.582. The quantitative estimate of drug-likeness (QED) is 0.257. The second-order valence-electron chi connectivity index (χ2n) is 6.94. The molecular weight excluding hydrogens is 417 g/mol. The SMILES string of the molecule is CCC1CCCC(NC(=NC)NCCCOCC2CCOC2)C1.I. The first-order chi connectivity index (χ1) is 11.3. The van der Waals surface area contributed by atoms with E-state index in [0.717, 1.165) is 57.7 Å². The van der Waals surface area contributed by atoms with Crippen molar-refractivity contribution in [2.75, 3.05) is 40.0 Å². The zero-order chi connectivity index (χ0) is 16.3. The molecular formula is C18H36IN3O2. The molecule has 1 saturated heterocycles. The highest BCUT2D eigenvalue weighted by Crippen LogP contribution is 2.26. The van der Waals surface area contributed by atoms with Crippen molar-refractivity contribution in [2.24, 2.45) is 16.8 Å². The molecule has 3 unspecified atom stereocenters. The molecule has 1 aliphatic carbocycles. The lowest BCUT2D eigenvalue weighted by Crippen LogP contribution is -2.45. The Morgan fingerprint density at radius 1 is 1.25 bits per heavy atom. The maximum atomic E-state index is 5.73. The minimum Gasteiger partial charge on any atom is -0.381 e. The molecule has 2 N–H and O–H groups in total. The van der Waals surface area contributed by atoms with Crippen molar-refractivity contribution in [3.63, 3.8) is 0 Å². The van der Waals surface area contributed by atoms with E-state index >= 15 is 0 Å². The van der Waals surface area contributed by atoms with Gasteiger partial charge in [0.25, 0.3) is 0 Å². The van der Waals surface area contributed by atoms with Crippen LogP contribution < -0.4 is 10.6 Å². The third-order valence-electron chi connectivity index (χ3n) is 5.06. The highest BCUT2D eigenvalue weighted by atomic mass is 127. The van der Waals surface area contributed by atoms with Crippen LogP contribution in [0.25, 0.3) is 0 Å². The summed E-state index contributed by atoms with van der Waals surface area (Å²) in [4.78, 5) is 4.35. The Kier molecular flexibility index (Phi) is 12.0. The molecule has 2 aliphatic rings. The van der Waals surface area contributed by atoms with Crippen LogP contribution in [0.3, 0.4) is 0 Å². The Morgan fingerprint density at radius 2 is 2.12 bits per heavy atom. The third-order valence-corrected chi connectivity index (χ3v) is 5.06. The molecule has 5 nitrogen and oxygen atoms in total. The Hall–Kier alpha value is -0.0800. The van der Waals surface area contributed by atoms with E-state index in [1.165, 1.54) is 32.1 Å². The Bertz CT molecular complexity index is 349. The van der Waals surface area contributed by atoms with Gasteiger partial charge in [-0.2, -0.15) is 0 Å². The average molecular weight is 453 g/mol. The lowest BCUT2D eigenvalue weighted by atomic mass is 9.84. The molecule has 0 aromatic heterocycles. The smallest absolute Gasteiger partial charge is 0.191 e. The summed E-state index contributed by atoms with van der Waals surface area (Å²) in [6.07, 6.45) is 8.74. The molecule has 0 radical (unpaired) electrons. The zero-order valence-corrected chi connectivity index (χ0v) is 17.7. The van der Waals surface area contributed by atoms with Crippen molar-refractivity contribution in [1.29, 1.82) is 0 Å². The Balaban J connectivity index is 0.00000288. The number of rotatable bonds is 8. The van der Waals surface area contributed by atoms with E-state index in [1.807, 2.05) is 7.05 Å². The maximum Gasteiger partial charge on any atom is 0.191 e. The van der Waals surface area contributed by atoms with Crippen molar-refractivity contribution in [2.45, 2.75) is 57.9 Å². The summed E-state index contributed by atoms with van der Waals surface area (Å²) in [6.45, 7) is 6.63. The molecule has 6 heteroatoms. The van der Waals surface area contributed by atoms with Crippen molar-refractivity contribution in [3.05, 3.63) is 0 Å². The zero-order valence-electron chi connectivity index (χ0n) is 15.4. The van der Waals surface area contributed by atoms with Gasteiger partial charge in [0.1, 0.15) is 0 Å². The number of hydrogen-bond donors (Lipinski definition) is 2.